The van der Waals surface area contributed by atoms with Crippen LogP contribution >= 0.6 is 0 Å². The molecule has 1 atom stereocenters. The van der Waals surface area contributed by atoms with Crippen LogP contribution in [0.2, 0.25) is 0 Å². The van der Waals surface area contributed by atoms with Gasteiger partial charge < -0.3 is 10.1 Å². The second-order valence-electron chi connectivity index (χ2n) is 8.66. The zero-order valence-corrected chi connectivity index (χ0v) is 19.3. The summed E-state index contributed by atoms with van der Waals surface area (Å²) < 4.78 is 22.3. The van der Waals surface area contributed by atoms with Gasteiger partial charge in [-0.2, -0.15) is 0 Å². The Balaban J connectivity index is 1.28. The molecular formula is C28H25FN3O3+. The van der Waals surface area contributed by atoms with Gasteiger partial charge in [-0.3, -0.25) is 9.69 Å². The van der Waals surface area contributed by atoms with Crippen LogP contribution in [0.5, 0.6) is 0 Å². The molecule has 5 rings (SSSR count). The number of hydrogen-bond donors (Lipinski definition) is 1. The molecular weight excluding hydrogens is 445 g/mol. The maximum absolute atomic E-state index is 15.0. The van der Waals surface area contributed by atoms with Crippen molar-refractivity contribution in [1.29, 1.82) is 0 Å². The smallest absolute Gasteiger partial charge is 0.414 e. The normalized spacial score (nSPS) is 15.3. The minimum atomic E-state index is -0.554. The summed E-state index contributed by atoms with van der Waals surface area (Å²) in [7, 11) is 0. The summed E-state index contributed by atoms with van der Waals surface area (Å²) in [4.78, 5) is 24.7. The van der Waals surface area contributed by atoms with Gasteiger partial charge >= 0.3 is 6.09 Å². The fourth-order valence-corrected chi connectivity index (χ4v) is 4.29. The van der Waals surface area contributed by atoms with E-state index in [4.69, 9.17) is 4.74 Å². The summed E-state index contributed by atoms with van der Waals surface area (Å²) in [6, 6.07) is 23.2. The number of anilines is 1. The molecule has 176 valence electrons. The van der Waals surface area contributed by atoms with Gasteiger partial charge in [-0.25, -0.2) is 13.8 Å². The molecule has 7 heteroatoms. The van der Waals surface area contributed by atoms with Crippen LogP contribution in [0.4, 0.5) is 14.9 Å². The Labute approximate surface area is 202 Å². The number of hydrogen-bond acceptors (Lipinski definition) is 3. The number of amides is 2. The van der Waals surface area contributed by atoms with E-state index in [1.54, 1.807) is 12.1 Å². The number of cyclic esters (lactones) is 1. The van der Waals surface area contributed by atoms with Gasteiger partial charge in [0.1, 0.15) is 11.9 Å². The van der Waals surface area contributed by atoms with Crippen molar-refractivity contribution in [3.05, 3.63) is 96.6 Å². The highest BCUT2D eigenvalue weighted by atomic mass is 19.1. The van der Waals surface area contributed by atoms with E-state index in [-0.39, 0.29) is 19.0 Å². The van der Waals surface area contributed by atoms with E-state index < -0.39 is 18.0 Å². The Morgan fingerprint density at radius 3 is 2.57 bits per heavy atom. The Bertz CT molecular complexity index is 1400. The first-order chi connectivity index (χ1) is 17.0. The van der Waals surface area contributed by atoms with Gasteiger partial charge in [0.2, 0.25) is 5.91 Å². The van der Waals surface area contributed by atoms with Crippen molar-refractivity contribution in [3.63, 3.8) is 0 Å². The van der Waals surface area contributed by atoms with Gasteiger partial charge in [-0.15, -0.1) is 0 Å². The highest BCUT2D eigenvalue weighted by Crippen LogP contribution is 2.28. The van der Waals surface area contributed by atoms with Crippen LogP contribution in [0.25, 0.3) is 21.9 Å². The van der Waals surface area contributed by atoms with E-state index >= 15 is 4.39 Å². The molecule has 2 amide bonds. The number of carbonyl (C=O) groups excluding carboxylic acids is 2. The number of pyridine rings is 1. The standard InChI is InChI=1S/C28H24FN3O3/c1-19(33)30-16-25-18-32(28(34)35-25)24-8-9-26(27(29)15-24)22-10-12-31(13-11-22)17-20-6-7-21-4-2-3-5-23(21)14-20/h2-15,25H,16-18H2,1H3/p+1. The molecule has 4 aromatic rings. The van der Waals surface area contributed by atoms with Gasteiger partial charge in [0.15, 0.2) is 18.9 Å². The minimum Gasteiger partial charge on any atom is -0.442 e. The molecule has 35 heavy (non-hydrogen) atoms. The van der Waals surface area contributed by atoms with E-state index in [1.807, 2.05) is 36.7 Å². The molecule has 1 saturated heterocycles. The van der Waals surface area contributed by atoms with Crippen LogP contribution in [0.15, 0.2) is 85.2 Å². The molecule has 0 saturated carbocycles. The minimum absolute atomic E-state index is 0.198. The Morgan fingerprint density at radius 1 is 1.06 bits per heavy atom. The van der Waals surface area contributed by atoms with E-state index in [0.29, 0.717) is 17.8 Å². The van der Waals surface area contributed by atoms with Crippen molar-refractivity contribution in [3.8, 4) is 11.1 Å². The van der Waals surface area contributed by atoms with Crippen molar-refractivity contribution in [2.24, 2.45) is 0 Å². The predicted octanol–water partition coefficient (Wildman–Crippen LogP) is 4.44. The molecule has 1 N–H and O–H groups in total. The SMILES string of the molecule is CC(=O)NCC1CN(c2ccc(-c3cc[n+](Cc4ccc5ccccc5c4)cc3)c(F)c2)C(=O)O1. The third-order valence-electron chi connectivity index (χ3n) is 6.10. The number of rotatable bonds is 6. The molecule has 3 aromatic carbocycles. The number of benzene rings is 3. The average molecular weight is 471 g/mol. The predicted molar refractivity (Wildman–Crippen MR) is 131 cm³/mol. The summed E-state index contributed by atoms with van der Waals surface area (Å²) in [5.74, 6) is -0.621. The van der Waals surface area contributed by atoms with Gasteiger partial charge in [-0.1, -0.05) is 36.4 Å². The third kappa shape index (κ3) is 4.99. The van der Waals surface area contributed by atoms with Crippen LogP contribution in [0.3, 0.4) is 0 Å². The second kappa shape index (κ2) is 9.54. The van der Waals surface area contributed by atoms with Gasteiger partial charge in [0.25, 0.3) is 0 Å². The zero-order valence-electron chi connectivity index (χ0n) is 19.3. The number of carbonyl (C=O) groups is 2. The number of fused-ring (bicyclic) bond motifs is 1. The van der Waals surface area contributed by atoms with Crippen LogP contribution in [-0.2, 0) is 16.1 Å². The number of halogens is 1. The average Bonchev–Trinajstić information content (AvgIpc) is 3.24. The molecule has 1 fully saturated rings. The Morgan fingerprint density at radius 2 is 1.83 bits per heavy atom. The van der Waals surface area contributed by atoms with Gasteiger partial charge in [0.05, 0.1) is 18.8 Å². The number of aromatic nitrogens is 1. The lowest BCUT2D eigenvalue weighted by molar-refractivity contribution is -0.688. The van der Waals surface area contributed by atoms with Crippen molar-refractivity contribution in [2.45, 2.75) is 19.6 Å². The van der Waals surface area contributed by atoms with Crippen LogP contribution in [0.1, 0.15) is 12.5 Å². The molecule has 1 aromatic heterocycles. The topological polar surface area (TPSA) is 62.5 Å². The van der Waals surface area contributed by atoms with E-state index in [0.717, 1.165) is 5.56 Å². The molecule has 1 aliphatic rings. The first kappa shape index (κ1) is 22.5. The van der Waals surface area contributed by atoms with Crippen LogP contribution in [-0.4, -0.2) is 31.2 Å². The number of ether oxygens (including phenoxy) is 1. The van der Waals surface area contributed by atoms with Crippen molar-refractivity contribution < 1.29 is 23.3 Å². The van der Waals surface area contributed by atoms with Gasteiger partial charge in [-0.05, 0) is 40.6 Å². The Hall–Kier alpha value is -4.26. The third-order valence-corrected chi connectivity index (χ3v) is 6.10. The zero-order chi connectivity index (χ0) is 24.4. The molecule has 1 unspecified atom stereocenters. The molecule has 0 bridgehead atoms. The molecule has 0 aliphatic carbocycles. The fourth-order valence-electron chi connectivity index (χ4n) is 4.29. The second-order valence-corrected chi connectivity index (χ2v) is 8.66. The van der Waals surface area contributed by atoms with Crippen LogP contribution in [0, 0.1) is 5.82 Å². The summed E-state index contributed by atoms with van der Waals surface area (Å²) in [5.41, 5.74) is 2.81. The summed E-state index contributed by atoms with van der Waals surface area (Å²) >= 11 is 0. The quantitative estimate of drug-likeness (QED) is 0.424. The molecule has 0 spiro atoms. The lowest BCUT2D eigenvalue weighted by Gasteiger charge is -2.14. The Kier molecular flexibility index (Phi) is 6.14. The van der Waals surface area contributed by atoms with Crippen LogP contribution < -0.4 is 14.8 Å². The molecule has 2 heterocycles. The van der Waals surface area contributed by atoms with Crippen molar-refractivity contribution in [2.75, 3.05) is 18.0 Å². The lowest BCUT2D eigenvalue weighted by atomic mass is 10.1. The van der Waals surface area contributed by atoms with Crippen molar-refractivity contribution >= 4 is 28.5 Å². The maximum atomic E-state index is 15.0. The summed E-state index contributed by atoms with van der Waals surface area (Å²) in [5, 5.41) is 5.04. The highest BCUT2D eigenvalue weighted by molar-refractivity contribution is 5.90. The molecule has 6 nitrogen and oxygen atoms in total. The first-order valence-corrected chi connectivity index (χ1v) is 11.5. The largest absolute Gasteiger partial charge is 0.442 e. The van der Waals surface area contributed by atoms with E-state index in [9.17, 15) is 9.59 Å². The first-order valence-electron chi connectivity index (χ1n) is 11.5. The lowest BCUT2D eigenvalue weighted by Crippen LogP contribution is -2.33. The molecule has 1 aliphatic heterocycles. The fraction of sp³-hybridized carbons (Fsp3) is 0.179. The van der Waals surface area contributed by atoms with Gasteiger partial charge in [0, 0.05) is 30.2 Å². The molecule has 0 radical (unpaired) electrons. The summed E-state index contributed by atoms with van der Waals surface area (Å²) in [6.45, 7) is 2.58. The number of nitrogens with one attached hydrogen (secondary N) is 1. The monoisotopic (exact) mass is 470 g/mol. The summed E-state index contributed by atoms with van der Waals surface area (Å²) in [6.07, 6.45) is 2.84. The van der Waals surface area contributed by atoms with E-state index in [1.165, 1.54) is 34.2 Å². The number of nitrogens with zero attached hydrogens (tertiary/aromatic N) is 2. The maximum Gasteiger partial charge on any atom is 0.414 e. The van der Waals surface area contributed by atoms with Crippen molar-refractivity contribution in [1.82, 2.24) is 5.32 Å². The highest BCUT2D eigenvalue weighted by Gasteiger charge is 2.32. The van der Waals surface area contributed by atoms with E-state index in [2.05, 4.69) is 40.2 Å².